The third-order valence-electron chi connectivity index (χ3n) is 4.97. The molecule has 3 aromatic heterocycles. The molecule has 126 valence electrons. The van der Waals surface area contributed by atoms with Gasteiger partial charge in [0, 0.05) is 38.9 Å². The topological polar surface area (TPSA) is 23.8 Å². The zero-order valence-corrected chi connectivity index (χ0v) is 14.8. The van der Waals surface area contributed by atoms with E-state index in [4.69, 9.17) is 4.98 Å². The van der Waals surface area contributed by atoms with Gasteiger partial charge < -0.3 is 9.30 Å². The van der Waals surface area contributed by atoms with Gasteiger partial charge in [-0.1, -0.05) is 30.3 Å². The van der Waals surface area contributed by atoms with Gasteiger partial charge in [0.15, 0.2) is 5.82 Å². The molecular weight excluding hydrogens is 327 g/mol. The van der Waals surface area contributed by atoms with Crippen molar-refractivity contribution in [1.82, 2.24) is 14.3 Å². The van der Waals surface area contributed by atoms with Gasteiger partial charge in [0.05, 0.1) is 5.52 Å². The van der Waals surface area contributed by atoms with Crippen LogP contribution in [0.2, 0.25) is 0 Å². The molecule has 4 heterocycles. The summed E-state index contributed by atoms with van der Waals surface area (Å²) in [6.07, 6.45) is 2.14. The van der Waals surface area contributed by atoms with Crippen molar-refractivity contribution in [3.63, 3.8) is 0 Å². The fraction of sp³-hybridized carbons (Fsp3) is 0.250. The molecule has 0 atom stereocenters. The maximum atomic E-state index is 4.97. The summed E-state index contributed by atoms with van der Waals surface area (Å²) in [5, 5.41) is 2.12. The van der Waals surface area contributed by atoms with Gasteiger partial charge in [-0.2, -0.15) is 0 Å². The Morgan fingerprint density at radius 1 is 0.920 bits per heavy atom. The van der Waals surface area contributed by atoms with Crippen molar-refractivity contribution < 1.29 is 0 Å². The van der Waals surface area contributed by atoms with Crippen LogP contribution in [0.3, 0.4) is 0 Å². The van der Waals surface area contributed by atoms with E-state index >= 15 is 0 Å². The molecule has 0 radical (unpaired) electrons. The molecule has 1 aromatic carbocycles. The Balaban J connectivity index is 1.38. The fourth-order valence-electron chi connectivity index (χ4n) is 3.66. The Kier molecular flexibility index (Phi) is 3.68. The predicted octanol–water partition coefficient (Wildman–Crippen LogP) is 3.87. The van der Waals surface area contributed by atoms with E-state index in [1.807, 2.05) is 0 Å². The highest BCUT2D eigenvalue weighted by atomic mass is 32.1. The molecule has 0 saturated carbocycles. The first kappa shape index (κ1) is 14.9. The highest BCUT2D eigenvalue weighted by molar-refractivity contribution is 7.16. The molecule has 0 amide bonds. The van der Waals surface area contributed by atoms with Crippen LogP contribution in [0.5, 0.6) is 0 Å². The Morgan fingerprint density at radius 2 is 1.76 bits per heavy atom. The van der Waals surface area contributed by atoms with Gasteiger partial charge in [0.1, 0.15) is 10.3 Å². The van der Waals surface area contributed by atoms with Gasteiger partial charge in [-0.05, 0) is 29.1 Å². The van der Waals surface area contributed by atoms with E-state index in [1.54, 1.807) is 11.3 Å². The monoisotopic (exact) mass is 347 g/mol. The van der Waals surface area contributed by atoms with E-state index in [0.717, 1.165) is 44.1 Å². The van der Waals surface area contributed by atoms with Crippen LogP contribution in [0, 0.1) is 0 Å². The number of hydrogen-bond acceptors (Lipinski definition) is 4. The summed E-state index contributed by atoms with van der Waals surface area (Å²) in [6.45, 7) is 5.23. The summed E-state index contributed by atoms with van der Waals surface area (Å²) < 4.78 is 2.28. The summed E-state index contributed by atoms with van der Waals surface area (Å²) in [5.41, 5.74) is 3.70. The van der Waals surface area contributed by atoms with Gasteiger partial charge in [-0.15, -0.1) is 11.3 Å². The van der Waals surface area contributed by atoms with Crippen LogP contribution in [-0.2, 0) is 6.54 Å². The standard InChI is InChI=1S/C20H20N4S/c1-2-5-16(6-3-1)15-22-10-12-23(13-11-22)19-18-7-4-9-24(18)20-17(21-19)8-14-25-20/h1-9,14H,10-13,15H2/i15-1. The maximum Gasteiger partial charge on any atom is 0.153 e. The minimum absolute atomic E-state index is 1.02. The minimum atomic E-state index is 1.02. The molecule has 0 spiro atoms. The first-order valence-corrected chi connectivity index (χ1v) is 9.62. The van der Waals surface area contributed by atoms with Crippen molar-refractivity contribution in [3.8, 4) is 0 Å². The summed E-state index contributed by atoms with van der Waals surface area (Å²) in [5.74, 6) is 1.12. The Morgan fingerprint density at radius 3 is 2.60 bits per heavy atom. The Labute approximate surface area is 150 Å². The number of nitrogens with zero attached hydrogens (tertiary/aromatic N) is 4. The summed E-state index contributed by atoms with van der Waals surface area (Å²) in [4.78, 5) is 11.2. The Hall–Kier alpha value is -2.37. The smallest absolute Gasteiger partial charge is 0.153 e. The molecule has 25 heavy (non-hydrogen) atoms. The van der Waals surface area contributed by atoms with Crippen LogP contribution in [-0.4, -0.2) is 40.5 Å². The van der Waals surface area contributed by atoms with E-state index in [1.165, 1.54) is 15.9 Å². The number of anilines is 1. The van der Waals surface area contributed by atoms with Crippen LogP contribution in [0.4, 0.5) is 5.82 Å². The molecule has 1 fully saturated rings. The zero-order valence-electron chi connectivity index (χ0n) is 14.0. The lowest BCUT2D eigenvalue weighted by Gasteiger charge is -2.35. The number of rotatable bonds is 3. The van der Waals surface area contributed by atoms with Gasteiger partial charge in [-0.3, -0.25) is 4.90 Å². The van der Waals surface area contributed by atoms with Crippen LogP contribution in [0.1, 0.15) is 5.56 Å². The van der Waals surface area contributed by atoms with Gasteiger partial charge in [0.2, 0.25) is 0 Å². The average molecular weight is 347 g/mol. The summed E-state index contributed by atoms with van der Waals surface area (Å²) >= 11 is 1.75. The molecule has 1 aliphatic rings. The van der Waals surface area contributed by atoms with Crippen LogP contribution in [0.15, 0.2) is 60.1 Å². The summed E-state index contributed by atoms with van der Waals surface area (Å²) in [7, 11) is 0. The maximum absolute atomic E-state index is 4.97. The molecule has 1 saturated heterocycles. The second-order valence-electron chi connectivity index (χ2n) is 6.56. The average Bonchev–Trinajstić information content (AvgIpc) is 3.31. The number of benzene rings is 1. The zero-order chi connectivity index (χ0) is 16.6. The van der Waals surface area contributed by atoms with Crippen molar-refractivity contribution >= 4 is 33.0 Å². The molecule has 0 N–H and O–H groups in total. The number of hydrogen-bond donors (Lipinski definition) is 0. The lowest BCUT2D eigenvalue weighted by molar-refractivity contribution is 0.249. The van der Waals surface area contributed by atoms with Crippen molar-refractivity contribution in [2.45, 2.75) is 6.54 Å². The number of piperazine rings is 1. The normalized spacial score (nSPS) is 16.1. The third kappa shape index (κ3) is 2.69. The van der Waals surface area contributed by atoms with Crippen molar-refractivity contribution in [2.75, 3.05) is 31.1 Å². The van der Waals surface area contributed by atoms with Gasteiger partial charge >= 0.3 is 0 Å². The number of fused-ring (bicyclic) bond motifs is 3. The van der Waals surface area contributed by atoms with E-state index in [0.29, 0.717) is 0 Å². The van der Waals surface area contributed by atoms with E-state index in [-0.39, 0.29) is 0 Å². The van der Waals surface area contributed by atoms with Crippen molar-refractivity contribution in [1.29, 1.82) is 0 Å². The third-order valence-corrected chi connectivity index (χ3v) is 5.87. The Bertz CT molecular complexity index is 996. The van der Waals surface area contributed by atoms with Crippen molar-refractivity contribution in [2.24, 2.45) is 0 Å². The lowest BCUT2D eigenvalue weighted by Crippen LogP contribution is -2.46. The van der Waals surface area contributed by atoms with Gasteiger partial charge in [0.25, 0.3) is 0 Å². The molecule has 5 heteroatoms. The largest absolute Gasteiger partial charge is 0.352 e. The molecule has 5 rings (SSSR count). The predicted molar refractivity (Wildman–Crippen MR) is 105 cm³/mol. The van der Waals surface area contributed by atoms with Crippen LogP contribution >= 0.6 is 11.3 Å². The second kappa shape index (κ2) is 6.17. The van der Waals surface area contributed by atoms with Crippen LogP contribution in [0.25, 0.3) is 15.9 Å². The van der Waals surface area contributed by atoms with E-state index in [9.17, 15) is 0 Å². The highest BCUT2D eigenvalue weighted by Gasteiger charge is 2.21. The first-order chi connectivity index (χ1) is 12.4. The molecule has 0 aliphatic carbocycles. The van der Waals surface area contributed by atoms with E-state index < -0.39 is 0 Å². The van der Waals surface area contributed by atoms with Crippen molar-refractivity contribution in [3.05, 3.63) is 65.7 Å². The van der Waals surface area contributed by atoms with Crippen LogP contribution < -0.4 is 4.90 Å². The molecule has 0 unspecified atom stereocenters. The number of thiophene rings is 1. The first-order valence-electron chi connectivity index (χ1n) is 8.74. The fourth-order valence-corrected chi connectivity index (χ4v) is 4.50. The minimum Gasteiger partial charge on any atom is -0.352 e. The van der Waals surface area contributed by atoms with Gasteiger partial charge in [-0.25, -0.2) is 4.98 Å². The molecule has 0 bridgehead atoms. The number of aromatic nitrogens is 2. The molecule has 4 nitrogen and oxygen atoms in total. The SMILES string of the molecule is c1ccc([11CH2]N2CCN(c3nc4ccsc4n4cccc34)CC2)cc1. The molecule has 4 aromatic rings. The van der Waals surface area contributed by atoms with E-state index in [2.05, 4.69) is 74.3 Å². The quantitative estimate of drug-likeness (QED) is 0.562. The molecule has 1 aliphatic heterocycles. The summed E-state index contributed by atoms with van der Waals surface area (Å²) in [6, 6.07) is 17.2. The lowest BCUT2D eigenvalue weighted by atomic mass is 9.89. The highest BCUT2D eigenvalue weighted by Crippen LogP contribution is 2.28. The molecular formula is C20H20N4S. The second-order valence-corrected chi connectivity index (χ2v) is 7.45.